The second kappa shape index (κ2) is 9.16. The second-order valence-corrected chi connectivity index (χ2v) is 5.88. The van der Waals surface area contributed by atoms with Crippen molar-refractivity contribution in [2.45, 2.75) is 37.8 Å². The summed E-state index contributed by atoms with van der Waals surface area (Å²) in [6.07, 6.45) is 5.47. The highest BCUT2D eigenvalue weighted by atomic mass is 35.5. The molecule has 0 aromatic carbocycles. The van der Waals surface area contributed by atoms with E-state index in [4.69, 9.17) is 4.74 Å². The molecule has 3 rings (SSSR count). The Kier molecular flexibility index (Phi) is 8.27. The number of nitrogens with one attached hydrogen (secondary N) is 1. The van der Waals surface area contributed by atoms with Crippen LogP contribution in [0.2, 0.25) is 0 Å². The first-order chi connectivity index (χ1) is 9.34. The quantitative estimate of drug-likeness (QED) is 0.812. The zero-order valence-electron chi connectivity index (χ0n) is 12.5. The van der Waals surface area contributed by atoms with Gasteiger partial charge in [0.25, 0.3) is 0 Å². The lowest BCUT2D eigenvalue weighted by Gasteiger charge is -2.39. The van der Waals surface area contributed by atoms with Gasteiger partial charge in [-0.15, -0.1) is 24.8 Å². The Bertz CT molecular complexity index is 313. The molecule has 21 heavy (non-hydrogen) atoms. The molecule has 0 aromatic rings. The molecule has 1 aliphatic carbocycles. The molecular weight excluding hydrogens is 313 g/mol. The average Bonchev–Trinajstić information content (AvgIpc) is 3.02. The summed E-state index contributed by atoms with van der Waals surface area (Å²) >= 11 is 0. The van der Waals surface area contributed by atoms with Gasteiger partial charge in [0.1, 0.15) is 6.04 Å². The third-order valence-corrected chi connectivity index (χ3v) is 4.69. The Balaban J connectivity index is 0.00000110. The van der Waals surface area contributed by atoms with Gasteiger partial charge in [-0.25, -0.2) is 0 Å². The number of halogens is 2. The van der Waals surface area contributed by atoms with Gasteiger partial charge in [0.05, 0.1) is 13.2 Å². The number of hydrogen-bond donors (Lipinski definition) is 1. The fourth-order valence-corrected chi connectivity index (χ4v) is 3.52. The number of nitrogens with zero attached hydrogens (tertiary/aromatic N) is 2. The van der Waals surface area contributed by atoms with Crippen molar-refractivity contribution in [3.63, 3.8) is 0 Å². The van der Waals surface area contributed by atoms with Crippen molar-refractivity contribution in [1.29, 1.82) is 0 Å². The molecule has 3 aliphatic rings. The monoisotopic (exact) mass is 339 g/mol. The molecule has 2 saturated heterocycles. The number of carbonyl (C=O) groups excluding carboxylic acids is 1. The lowest BCUT2D eigenvalue weighted by atomic mass is 10.1. The minimum atomic E-state index is -0.119. The van der Waals surface area contributed by atoms with Gasteiger partial charge in [0.15, 0.2) is 0 Å². The number of ether oxygens (including phenoxy) is 1. The SMILES string of the molecule is Cl.Cl.O=C(C1COCCN1)N1CCN(C2CCCC2)CC1. The fourth-order valence-electron chi connectivity index (χ4n) is 3.52. The first-order valence-electron chi connectivity index (χ1n) is 7.68. The highest BCUT2D eigenvalue weighted by Gasteiger charge is 2.31. The smallest absolute Gasteiger partial charge is 0.242 e. The van der Waals surface area contributed by atoms with Crippen molar-refractivity contribution in [3.8, 4) is 0 Å². The maximum atomic E-state index is 12.3. The molecule has 0 bridgehead atoms. The zero-order chi connectivity index (χ0) is 13.1. The summed E-state index contributed by atoms with van der Waals surface area (Å²) in [7, 11) is 0. The molecule has 0 aromatic heterocycles. The number of rotatable bonds is 2. The van der Waals surface area contributed by atoms with Crippen LogP contribution in [-0.2, 0) is 9.53 Å². The molecule has 2 aliphatic heterocycles. The Labute approximate surface area is 139 Å². The molecule has 5 nitrogen and oxygen atoms in total. The summed E-state index contributed by atoms with van der Waals surface area (Å²) in [6, 6.07) is 0.667. The van der Waals surface area contributed by atoms with Crippen LogP contribution in [0.5, 0.6) is 0 Å². The number of morpholine rings is 1. The number of amides is 1. The predicted molar refractivity (Wildman–Crippen MR) is 87.5 cm³/mol. The van der Waals surface area contributed by atoms with Gasteiger partial charge in [-0.05, 0) is 12.8 Å². The molecule has 3 fully saturated rings. The number of carbonyl (C=O) groups is 1. The standard InChI is InChI=1S/C14H25N3O2.2ClH/c18-14(13-11-19-10-5-15-13)17-8-6-16(7-9-17)12-3-1-2-4-12;;/h12-13,15H,1-11H2;2*1H. The zero-order valence-corrected chi connectivity index (χ0v) is 14.1. The summed E-state index contributed by atoms with van der Waals surface area (Å²) < 4.78 is 5.38. The van der Waals surface area contributed by atoms with Crippen molar-refractivity contribution in [2.75, 3.05) is 45.9 Å². The Morgan fingerprint density at radius 2 is 1.71 bits per heavy atom. The van der Waals surface area contributed by atoms with Crippen molar-refractivity contribution in [1.82, 2.24) is 15.1 Å². The van der Waals surface area contributed by atoms with E-state index < -0.39 is 0 Å². The van der Waals surface area contributed by atoms with E-state index in [0.29, 0.717) is 6.61 Å². The van der Waals surface area contributed by atoms with Crippen molar-refractivity contribution in [2.24, 2.45) is 0 Å². The molecule has 1 amide bonds. The van der Waals surface area contributed by atoms with Crippen LogP contribution in [-0.4, -0.2) is 73.7 Å². The molecule has 7 heteroatoms. The van der Waals surface area contributed by atoms with Crippen LogP contribution < -0.4 is 5.32 Å². The minimum absolute atomic E-state index is 0. The third kappa shape index (κ3) is 4.70. The average molecular weight is 340 g/mol. The van der Waals surface area contributed by atoms with Gasteiger partial charge < -0.3 is 15.0 Å². The second-order valence-electron chi connectivity index (χ2n) is 5.88. The van der Waals surface area contributed by atoms with Crippen molar-refractivity contribution >= 4 is 30.7 Å². The van der Waals surface area contributed by atoms with E-state index >= 15 is 0 Å². The van der Waals surface area contributed by atoms with Crippen LogP contribution in [0, 0.1) is 0 Å². The largest absolute Gasteiger partial charge is 0.378 e. The van der Waals surface area contributed by atoms with Gasteiger partial charge in [0.2, 0.25) is 5.91 Å². The molecule has 124 valence electrons. The van der Waals surface area contributed by atoms with Crippen LogP contribution >= 0.6 is 24.8 Å². The van der Waals surface area contributed by atoms with E-state index in [9.17, 15) is 4.79 Å². The maximum Gasteiger partial charge on any atom is 0.242 e. The van der Waals surface area contributed by atoms with Gasteiger partial charge in [0, 0.05) is 38.8 Å². The lowest BCUT2D eigenvalue weighted by Crippen LogP contribution is -2.58. The van der Waals surface area contributed by atoms with Crippen LogP contribution in [0.3, 0.4) is 0 Å². The molecule has 1 saturated carbocycles. The molecule has 1 unspecified atom stereocenters. The Hall–Kier alpha value is -0.0700. The Morgan fingerprint density at radius 1 is 1.05 bits per heavy atom. The topological polar surface area (TPSA) is 44.8 Å². The summed E-state index contributed by atoms with van der Waals surface area (Å²) in [5.41, 5.74) is 0. The molecule has 1 atom stereocenters. The van der Waals surface area contributed by atoms with E-state index in [1.807, 2.05) is 4.90 Å². The minimum Gasteiger partial charge on any atom is -0.378 e. The van der Waals surface area contributed by atoms with Crippen LogP contribution in [0.4, 0.5) is 0 Å². The van der Waals surface area contributed by atoms with Gasteiger partial charge in [-0.3, -0.25) is 9.69 Å². The highest BCUT2D eigenvalue weighted by molar-refractivity contribution is 5.85. The normalized spacial score (nSPS) is 27.8. The molecule has 2 heterocycles. The van der Waals surface area contributed by atoms with Crippen LogP contribution in [0.25, 0.3) is 0 Å². The summed E-state index contributed by atoms with van der Waals surface area (Å²) in [4.78, 5) is 16.9. The first kappa shape index (κ1) is 19.0. The van der Waals surface area contributed by atoms with Gasteiger partial charge >= 0.3 is 0 Å². The molecular formula is C14H27Cl2N3O2. The fraction of sp³-hybridized carbons (Fsp3) is 0.929. The maximum absolute atomic E-state index is 12.3. The van der Waals surface area contributed by atoms with E-state index in [2.05, 4.69) is 10.2 Å². The van der Waals surface area contributed by atoms with E-state index in [1.165, 1.54) is 25.7 Å². The van der Waals surface area contributed by atoms with Crippen molar-refractivity contribution in [3.05, 3.63) is 0 Å². The van der Waals surface area contributed by atoms with Crippen molar-refractivity contribution < 1.29 is 9.53 Å². The van der Waals surface area contributed by atoms with E-state index in [1.54, 1.807) is 0 Å². The van der Waals surface area contributed by atoms with Gasteiger partial charge in [-0.2, -0.15) is 0 Å². The lowest BCUT2D eigenvalue weighted by molar-refractivity contribution is -0.138. The summed E-state index contributed by atoms with van der Waals surface area (Å²) in [5.74, 6) is 0.228. The number of piperazine rings is 1. The Morgan fingerprint density at radius 3 is 2.29 bits per heavy atom. The summed E-state index contributed by atoms with van der Waals surface area (Å²) in [6.45, 7) is 5.90. The summed E-state index contributed by atoms with van der Waals surface area (Å²) in [5, 5.41) is 3.25. The van der Waals surface area contributed by atoms with E-state index in [-0.39, 0.29) is 36.8 Å². The van der Waals surface area contributed by atoms with E-state index in [0.717, 1.165) is 45.4 Å². The first-order valence-corrected chi connectivity index (χ1v) is 7.68. The van der Waals surface area contributed by atoms with Crippen LogP contribution in [0.15, 0.2) is 0 Å². The molecule has 0 spiro atoms. The van der Waals surface area contributed by atoms with Crippen LogP contribution in [0.1, 0.15) is 25.7 Å². The van der Waals surface area contributed by atoms with Gasteiger partial charge in [-0.1, -0.05) is 12.8 Å². The highest BCUT2D eigenvalue weighted by Crippen LogP contribution is 2.24. The third-order valence-electron chi connectivity index (χ3n) is 4.69. The molecule has 1 N–H and O–H groups in total. The predicted octanol–water partition coefficient (Wildman–Crippen LogP) is 0.905. The molecule has 0 radical (unpaired) electrons. The number of hydrogen-bond acceptors (Lipinski definition) is 4.